The van der Waals surface area contributed by atoms with E-state index in [1.807, 2.05) is 38.1 Å². The van der Waals surface area contributed by atoms with E-state index >= 15 is 0 Å². The van der Waals surface area contributed by atoms with Crippen molar-refractivity contribution in [1.29, 1.82) is 0 Å². The molecule has 0 radical (unpaired) electrons. The zero-order valence-electron chi connectivity index (χ0n) is 11.8. The minimum Gasteiger partial charge on any atom is -0.480 e. The Kier molecular flexibility index (Phi) is 4.32. The van der Waals surface area contributed by atoms with Crippen LogP contribution in [0.3, 0.4) is 0 Å². The summed E-state index contributed by atoms with van der Waals surface area (Å²) in [6, 6.07) is 7.66. The third kappa shape index (κ3) is 3.88. The highest BCUT2D eigenvalue weighted by Crippen LogP contribution is 2.13. The van der Waals surface area contributed by atoms with Crippen molar-refractivity contribution in [2.45, 2.75) is 26.4 Å². The van der Waals surface area contributed by atoms with Gasteiger partial charge < -0.3 is 10.4 Å². The number of hydrogen-bond acceptors (Lipinski definition) is 4. The van der Waals surface area contributed by atoms with Crippen molar-refractivity contribution < 1.29 is 14.7 Å². The fraction of sp³-hybridized carbons (Fsp3) is 0.286. The lowest BCUT2D eigenvalue weighted by molar-refractivity contribution is -0.137. The maximum atomic E-state index is 12.0. The van der Waals surface area contributed by atoms with Crippen molar-refractivity contribution in [2.75, 3.05) is 0 Å². The standard InChI is InChI=1S/C14H16N4O3/c1-9-3-5-11(6-4-9)10(2)15-14(21)12-7-18(17-16-12)8-13(19)20/h3-7,10H,8H2,1-2H3,(H,15,21)(H,19,20). The summed E-state index contributed by atoms with van der Waals surface area (Å²) in [5.41, 5.74) is 2.22. The molecule has 7 nitrogen and oxygen atoms in total. The normalized spacial score (nSPS) is 11.9. The van der Waals surface area contributed by atoms with Gasteiger partial charge in [0.25, 0.3) is 5.91 Å². The van der Waals surface area contributed by atoms with Crippen LogP contribution in [0, 0.1) is 6.92 Å². The van der Waals surface area contributed by atoms with Crippen LogP contribution >= 0.6 is 0 Å². The SMILES string of the molecule is Cc1ccc(C(C)NC(=O)c2cn(CC(=O)O)nn2)cc1. The summed E-state index contributed by atoms with van der Waals surface area (Å²) in [6.07, 6.45) is 1.31. The molecule has 1 aromatic carbocycles. The minimum atomic E-state index is -1.04. The Bertz CT molecular complexity index is 648. The Morgan fingerprint density at radius 2 is 2.00 bits per heavy atom. The van der Waals surface area contributed by atoms with E-state index < -0.39 is 5.97 Å². The maximum absolute atomic E-state index is 12.0. The van der Waals surface area contributed by atoms with E-state index in [-0.39, 0.29) is 24.2 Å². The van der Waals surface area contributed by atoms with E-state index in [0.29, 0.717) is 0 Å². The molecule has 0 fully saturated rings. The first-order valence-corrected chi connectivity index (χ1v) is 6.45. The third-order valence-electron chi connectivity index (χ3n) is 2.99. The van der Waals surface area contributed by atoms with Gasteiger partial charge in [0.1, 0.15) is 6.54 Å². The lowest BCUT2D eigenvalue weighted by Crippen LogP contribution is -2.27. The molecular weight excluding hydrogens is 272 g/mol. The largest absolute Gasteiger partial charge is 0.480 e. The van der Waals surface area contributed by atoms with Gasteiger partial charge in [0.2, 0.25) is 0 Å². The predicted molar refractivity (Wildman–Crippen MR) is 74.7 cm³/mol. The summed E-state index contributed by atoms with van der Waals surface area (Å²) in [5, 5.41) is 18.7. The fourth-order valence-corrected chi connectivity index (χ4v) is 1.83. The second kappa shape index (κ2) is 6.17. The highest BCUT2D eigenvalue weighted by molar-refractivity contribution is 5.92. The Labute approximate surface area is 121 Å². The molecule has 0 aliphatic heterocycles. The second-order valence-corrected chi connectivity index (χ2v) is 4.80. The number of nitrogens with one attached hydrogen (secondary N) is 1. The molecule has 0 saturated heterocycles. The molecule has 2 aromatic rings. The van der Waals surface area contributed by atoms with Crippen LogP contribution in [-0.4, -0.2) is 32.0 Å². The molecule has 21 heavy (non-hydrogen) atoms. The lowest BCUT2D eigenvalue weighted by atomic mass is 10.1. The number of carboxylic acids is 1. The molecule has 0 saturated carbocycles. The Hall–Kier alpha value is -2.70. The van der Waals surface area contributed by atoms with Crippen LogP contribution in [0.5, 0.6) is 0 Å². The van der Waals surface area contributed by atoms with Crippen LogP contribution in [-0.2, 0) is 11.3 Å². The number of nitrogens with zero attached hydrogens (tertiary/aromatic N) is 3. The van der Waals surface area contributed by atoms with Crippen molar-refractivity contribution in [3.8, 4) is 0 Å². The van der Waals surface area contributed by atoms with Crippen molar-refractivity contribution in [3.05, 3.63) is 47.3 Å². The average molecular weight is 288 g/mol. The molecule has 110 valence electrons. The summed E-state index contributed by atoms with van der Waals surface area (Å²) in [4.78, 5) is 22.6. The van der Waals surface area contributed by atoms with Crippen LogP contribution in [0.1, 0.15) is 34.6 Å². The van der Waals surface area contributed by atoms with E-state index in [1.165, 1.54) is 6.20 Å². The van der Waals surface area contributed by atoms with Crippen molar-refractivity contribution in [2.24, 2.45) is 0 Å². The zero-order chi connectivity index (χ0) is 15.4. The highest BCUT2D eigenvalue weighted by Gasteiger charge is 2.15. The number of aliphatic carboxylic acids is 1. The van der Waals surface area contributed by atoms with E-state index in [0.717, 1.165) is 15.8 Å². The summed E-state index contributed by atoms with van der Waals surface area (Å²) < 4.78 is 1.10. The number of carbonyl (C=O) groups excluding carboxylic acids is 1. The van der Waals surface area contributed by atoms with Crippen molar-refractivity contribution in [1.82, 2.24) is 20.3 Å². The van der Waals surface area contributed by atoms with Gasteiger partial charge in [-0.3, -0.25) is 9.59 Å². The quantitative estimate of drug-likeness (QED) is 0.860. The summed E-state index contributed by atoms with van der Waals surface area (Å²) in [7, 11) is 0. The van der Waals surface area contributed by atoms with E-state index in [1.54, 1.807) is 0 Å². The number of carbonyl (C=O) groups is 2. The van der Waals surface area contributed by atoms with Crippen LogP contribution in [0.4, 0.5) is 0 Å². The van der Waals surface area contributed by atoms with E-state index in [2.05, 4.69) is 15.6 Å². The van der Waals surface area contributed by atoms with Crippen LogP contribution in [0.15, 0.2) is 30.5 Å². The maximum Gasteiger partial charge on any atom is 0.325 e. The Morgan fingerprint density at radius 1 is 1.33 bits per heavy atom. The van der Waals surface area contributed by atoms with Gasteiger partial charge in [-0.1, -0.05) is 35.0 Å². The number of rotatable bonds is 5. The number of amides is 1. The van der Waals surface area contributed by atoms with Gasteiger partial charge in [0, 0.05) is 0 Å². The van der Waals surface area contributed by atoms with Gasteiger partial charge in [-0.05, 0) is 19.4 Å². The first-order chi connectivity index (χ1) is 9.95. The number of aromatic nitrogens is 3. The van der Waals surface area contributed by atoms with E-state index in [9.17, 15) is 9.59 Å². The molecule has 0 spiro atoms. The lowest BCUT2D eigenvalue weighted by Gasteiger charge is -2.13. The topological polar surface area (TPSA) is 97.1 Å². The summed E-state index contributed by atoms with van der Waals surface area (Å²) >= 11 is 0. The molecule has 1 aromatic heterocycles. The van der Waals surface area contributed by atoms with Crippen LogP contribution in [0.2, 0.25) is 0 Å². The molecule has 1 heterocycles. The minimum absolute atomic E-state index is 0.0928. The zero-order valence-corrected chi connectivity index (χ0v) is 11.8. The molecule has 2 N–H and O–H groups in total. The van der Waals surface area contributed by atoms with Gasteiger partial charge >= 0.3 is 5.97 Å². The number of aryl methyl sites for hydroxylation is 1. The van der Waals surface area contributed by atoms with Gasteiger partial charge in [0.15, 0.2) is 5.69 Å². The van der Waals surface area contributed by atoms with Crippen LogP contribution in [0.25, 0.3) is 0 Å². The molecule has 1 unspecified atom stereocenters. The van der Waals surface area contributed by atoms with E-state index in [4.69, 9.17) is 5.11 Å². The predicted octanol–water partition coefficient (Wildman–Crippen LogP) is 1.16. The Balaban J connectivity index is 2.02. The van der Waals surface area contributed by atoms with Crippen LogP contribution < -0.4 is 5.32 Å². The van der Waals surface area contributed by atoms with Gasteiger partial charge in [-0.15, -0.1) is 5.10 Å². The average Bonchev–Trinajstić information content (AvgIpc) is 2.87. The van der Waals surface area contributed by atoms with Crippen molar-refractivity contribution in [3.63, 3.8) is 0 Å². The first-order valence-electron chi connectivity index (χ1n) is 6.45. The summed E-state index contributed by atoms with van der Waals surface area (Å²) in [5.74, 6) is -1.43. The molecule has 2 rings (SSSR count). The number of hydrogen-bond donors (Lipinski definition) is 2. The van der Waals surface area contributed by atoms with Crippen molar-refractivity contribution >= 4 is 11.9 Å². The molecular formula is C14H16N4O3. The highest BCUT2D eigenvalue weighted by atomic mass is 16.4. The monoisotopic (exact) mass is 288 g/mol. The fourth-order valence-electron chi connectivity index (χ4n) is 1.83. The Morgan fingerprint density at radius 3 is 2.62 bits per heavy atom. The molecule has 0 bridgehead atoms. The molecule has 7 heteroatoms. The smallest absolute Gasteiger partial charge is 0.325 e. The van der Waals surface area contributed by atoms with Gasteiger partial charge in [-0.2, -0.15) is 0 Å². The van der Waals surface area contributed by atoms with Gasteiger partial charge in [0.05, 0.1) is 12.2 Å². The molecule has 1 atom stereocenters. The summed E-state index contributed by atoms with van der Waals surface area (Å²) in [6.45, 7) is 3.53. The third-order valence-corrected chi connectivity index (χ3v) is 2.99. The second-order valence-electron chi connectivity index (χ2n) is 4.80. The number of benzene rings is 1. The number of carboxylic acid groups (broad SMARTS) is 1. The molecule has 0 aliphatic rings. The van der Waals surface area contributed by atoms with Gasteiger partial charge in [-0.25, -0.2) is 4.68 Å². The molecule has 1 amide bonds. The first kappa shape index (κ1) is 14.7. The molecule has 0 aliphatic carbocycles.